The highest BCUT2D eigenvalue weighted by Crippen LogP contribution is 2.31. The van der Waals surface area contributed by atoms with Gasteiger partial charge in [-0.3, -0.25) is 4.98 Å². The number of carbonyl (C=O) groups is 1. The molecule has 5 heteroatoms. The molecule has 1 heterocycles. The number of esters is 1. The molecule has 0 aliphatic heterocycles. The fourth-order valence-electron chi connectivity index (χ4n) is 1.89. The average molecular weight is 246 g/mol. The number of benzene rings is 1. The van der Waals surface area contributed by atoms with Crippen LogP contribution in [0.5, 0.6) is 5.75 Å². The van der Waals surface area contributed by atoms with E-state index in [0.717, 1.165) is 5.39 Å². The van der Waals surface area contributed by atoms with Crippen LogP contribution >= 0.6 is 0 Å². The molecule has 0 aliphatic rings. The SMILES string of the molecule is CNc1c(C(=O)OC)cnc2c(OC)cccc12. The molecular weight excluding hydrogens is 232 g/mol. The summed E-state index contributed by atoms with van der Waals surface area (Å²) in [5, 5.41) is 3.83. The second-order valence-corrected chi connectivity index (χ2v) is 3.64. The van der Waals surface area contributed by atoms with Crippen LogP contribution in [0.15, 0.2) is 24.4 Å². The van der Waals surface area contributed by atoms with Crippen molar-refractivity contribution in [2.75, 3.05) is 26.6 Å². The lowest BCUT2D eigenvalue weighted by molar-refractivity contribution is 0.0601. The lowest BCUT2D eigenvalue weighted by Crippen LogP contribution is -2.07. The first-order valence-electron chi connectivity index (χ1n) is 5.44. The van der Waals surface area contributed by atoms with E-state index < -0.39 is 5.97 Å². The number of hydrogen-bond acceptors (Lipinski definition) is 5. The van der Waals surface area contributed by atoms with Crippen molar-refractivity contribution >= 4 is 22.6 Å². The Hall–Kier alpha value is -2.30. The fourth-order valence-corrected chi connectivity index (χ4v) is 1.89. The molecule has 0 unspecified atom stereocenters. The van der Waals surface area contributed by atoms with Gasteiger partial charge in [0.05, 0.1) is 19.9 Å². The van der Waals surface area contributed by atoms with Crippen LogP contribution in [0.25, 0.3) is 10.9 Å². The quantitative estimate of drug-likeness (QED) is 0.840. The number of pyridine rings is 1. The number of aromatic nitrogens is 1. The van der Waals surface area contributed by atoms with Crippen molar-refractivity contribution in [2.45, 2.75) is 0 Å². The van der Waals surface area contributed by atoms with Gasteiger partial charge in [-0.15, -0.1) is 0 Å². The standard InChI is InChI=1S/C13H14N2O3/c1-14-11-8-5-4-6-10(17-2)12(8)15-7-9(11)13(16)18-3/h4-7H,1-3H3,(H,14,15). The van der Waals surface area contributed by atoms with Gasteiger partial charge < -0.3 is 14.8 Å². The van der Waals surface area contributed by atoms with Gasteiger partial charge in [-0.2, -0.15) is 0 Å². The van der Waals surface area contributed by atoms with Crippen molar-refractivity contribution in [3.05, 3.63) is 30.0 Å². The Morgan fingerprint density at radius 1 is 1.33 bits per heavy atom. The Morgan fingerprint density at radius 3 is 2.72 bits per heavy atom. The predicted octanol–water partition coefficient (Wildman–Crippen LogP) is 2.07. The Kier molecular flexibility index (Phi) is 3.32. The monoisotopic (exact) mass is 246 g/mol. The molecule has 0 amide bonds. The number of methoxy groups -OCH3 is 2. The highest BCUT2D eigenvalue weighted by Gasteiger charge is 2.16. The molecule has 0 radical (unpaired) electrons. The summed E-state index contributed by atoms with van der Waals surface area (Å²) in [4.78, 5) is 15.9. The van der Waals surface area contributed by atoms with Crippen molar-refractivity contribution in [1.29, 1.82) is 0 Å². The van der Waals surface area contributed by atoms with Gasteiger partial charge in [-0.1, -0.05) is 12.1 Å². The summed E-state index contributed by atoms with van der Waals surface area (Å²) in [7, 11) is 4.68. The van der Waals surface area contributed by atoms with Crippen LogP contribution in [-0.4, -0.2) is 32.2 Å². The van der Waals surface area contributed by atoms with Crippen LogP contribution in [0, 0.1) is 0 Å². The Morgan fingerprint density at radius 2 is 2.11 bits per heavy atom. The van der Waals surface area contributed by atoms with Crippen LogP contribution in [0.4, 0.5) is 5.69 Å². The number of hydrogen-bond donors (Lipinski definition) is 1. The summed E-state index contributed by atoms with van der Waals surface area (Å²) in [5.41, 5.74) is 1.79. The van der Waals surface area contributed by atoms with E-state index in [1.165, 1.54) is 13.3 Å². The van der Waals surface area contributed by atoms with Gasteiger partial charge in [0.15, 0.2) is 0 Å². The maximum Gasteiger partial charge on any atom is 0.341 e. The molecule has 1 N–H and O–H groups in total. The zero-order chi connectivity index (χ0) is 13.1. The molecular formula is C13H14N2O3. The second kappa shape index (κ2) is 4.91. The van der Waals surface area contributed by atoms with Gasteiger partial charge in [-0.25, -0.2) is 4.79 Å². The number of para-hydroxylation sites is 1. The van der Waals surface area contributed by atoms with Gasteiger partial charge >= 0.3 is 5.97 Å². The van der Waals surface area contributed by atoms with E-state index in [4.69, 9.17) is 9.47 Å². The molecule has 2 aromatic rings. The first-order valence-corrected chi connectivity index (χ1v) is 5.44. The van der Waals surface area contributed by atoms with Crippen molar-refractivity contribution in [3.63, 3.8) is 0 Å². The third kappa shape index (κ3) is 1.84. The van der Waals surface area contributed by atoms with Crippen LogP contribution in [0.2, 0.25) is 0 Å². The molecule has 1 aromatic heterocycles. The normalized spacial score (nSPS) is 10.2. The fraction of sp³-hybridized carbons (Fsp3) is 0.231. The van der Waals surface area contributed by atoms with Crippen LogP contribution in [-0.2, 0) is 4.74 Å². The van der Waals surface area contributed by atoms with E-state index in [1.54, 1.807) is 14.2 Å². The third-order valence-corrected chi connectivity index (χ3v) is 2.74. The molecule has 94 valence electrons. The Labute approximate surface area is 105 Å². The number of carbonyl (C=O) groups excluding carboxylic acids is 1. The second-order valence-electron chi connectivity index (χ2n) is 3.64. The van der Waals surface area contributed by atoms with Gasteiger partial charge in [0.2, 0.25) is 0 Å². The lowest BCUT2D eigenvalue weighted by atomic mass is 10.1. The largest absolute Gasteiger partial charge is 0.494 e. The van der Waals surface area contributed by atoms with E-state index in [1.807, 2.05) is 18.2 Å². The zero-order valence-electron chi connectivity index (χ0n) is 10.5. The van der Waals surface area contributed by atoms with Crippen LogP contribution in [0.1, 0.15) is 10.4 Å². The summed E-state index contributed by atoms with van der Waals surface area (Å²) < 4.78 is 9.98. The average Bonchev–Trinajstić information content (AvgIpc) is 2.44. The highest BCUT2D eigenvalue weighted by atomic mass is 16.5. The number of nitrogens with one attached hydrogen (secondary N) is 1. The number of ether oxygens (including phenoxy) is 2. The maximum absolute atomic E-state index is 11.7. The Balaban J connectivity index is 2.76. The lowest BCUT2D eigenvalue weighted by Gasteiger charge is -2.12. The minimum absolute atomic E-state index is 0.403. The van der Waals surface area contributed by atoms with E-state index in [9.17, 15) is 4.79 Å². The summed E-state index contributed by atoms with van der Waals surface area (Å²) in [6.07, 6.45) is 1.49. The van der Waals surface area contributed by atoms with E-state index >= 15 is 0 Å². The Bertz CT molecular complexity index is 596. The van der Waals surface area contributed by atoms with Gasteiger partial charge in [0, 0.05) is 18.6 Å². The third-order valence-electron chi connectivity index (χ3n) is 2.74. The zero-order valence-corrected chi connectivity index (χ0v) is 10.5. The molecule has 0 fully saturated rings. The molecule has 0 spiro atoms. The molecule has 0 saturated carbocycles. The molecule has 0 saturated heterocycles. The van der Waals surface area contributed by atoms with Gasteiger partial charge in [0.25, 0.3) is 0 Å². The molecule has 0 bridgehead atoms. The van der Waals surface area contributed by atoms with Gasteiger partial charge in [0.1, 0.15) is 16.8 Å². The summed E-state index contributed by atoms with van der Waals surface area (Å²) >= 11 is 0. The van der Waals surface area contributed by atoms with E-state index in [0.29, 0.717) is 22.5 Å². The predicted molar refractivity (Wildman–Crippen MR) is 69.2 cm³/mol. The highest BCUT2D eigenvalue weighted by molar-refractivity contribution is 6.06. The number of anilines is 1. The number of fused-ring (bicyclic) bond motifs is 1. The van der Waals surface area contributed by atoms with Crippen LogP contribution in [0.3, 0.4) is 0 Å². The molecule has 0 atom stereocenters. The molecule has 1 aromatic carbocycles. The minimum atomic E-state index is -0.420. The smallest absolute Gasteiger partial charge is 0.341 e. The number of rotatable bonds is 3. The molecule has 2 rings (SSSR count). The molecule has 0 aliphatic carbocycles. The van der Waals surface area contributed by atoms with Gasteiger partial charge in [-0.05, 0) is 6.07 Å². The van der Waals surface area contributed by atoms with Crippen molar-refractivity contribution in [1.82, 2.24) is 4.98 Å². The van der Waals surface area contributed by atoms with E-state index in [-0.39, 0.29) is 0 Å². The first-order chi connectivity index (χ1) is 8.72. The maximum atomic E-state index is 11.7. The van der Waals surface area contributed by atoms with Crippen LogP contribution < -0.4 is 10.1 Å². The summed E-state index contributed by atoms with van der Waals surface area (Å²) in [5.74, 6) is 0.247. The summed E-state index contributed by atoms with van der Waals surface area (Å²) in [6, 6.07) is 5.56. The van der Waals surface area contributed by atoms with Crippen molar-refractivity contribution in [3.8, 4) is 5.75 Å². The van der Waals surface area contributed by atoms with Crippen molar-refractivity contribution in [2.24, 2.45) is 0 Å². The van der Waals surface area contributed by atoms with Crippen molar-refractivity contribution < 1.29 is 14.3 Å². The first kappa shape index (κ1) is 12.2. The minimum Gasteiger partial charge on any atom is -0.494 e. The van der Waals surface area contributed by atoms with E-state index in [2.05, 4.69) is 10.3 Å². The molecule has 5 nitrogen and oxygen atoms in total. The molecule has 18 heavy (non-hydrogen) atoms. The topological polar surface area (TPSA) is 60.5 Å². The summed E-state index contributed by atoms with van der Waals surface area (Å²) in [6.45, 7) is 0. The number of nitrogens with zero attached hydrogens (tertiary/aromatic N) is 1.